The summed E-state index contributed by atoms with van der Waals surface area (Å²) in [7, 11) is 1.23. The van der Waals surface area contributed by atoms with Crippen LogP contribution in [0.4, 0.5) is 4.79 Å². The molecule has 0 spiro atoms. The Kier molecular flexibility index (Phi) is 8.33. The Morgan fingerprint density at radius 1 is 1.17 bits per heavy atom. The van der Waals surface area contributed by atoms with Gasteiger partial charge in [0.2, 0.25) is 5.91 Å². The molecule has 0 heterocycles. The van der Waals surface area contributed by atoms with Crippen molar-refractivity contribution in [2.45, 2.75) is 46.1 Å². The topological polar surface area (TPSA) is 67.4 Å². The molecule has 128 valence electrons. The molecule has 1 rings (SSSR count). The van der Waals surface area contributed by atoms with Crippen molar-refractivity contribution in [1.29, 1.82) is 0 Å². The zero-order valence-electron chi connectivity index (χ0n) is 14.5. The van der Waals surface area contributed by atoms with E-state index in [4.69, 9.17) is 0 Å². The van der Waals surface area contributed by atoms with E-state index in [1.807, 2.05) is 0 Å². The predicted molar refractivity (Wildman–Crippen MR) is 91.2 cm³/mol. The lowest BCUT2D eigenvalue weighted by Gasteiger charge is -2.23. The fourth-order valence-electron chi connectivity index (χ4n) is 2.42. The number of carbonyl (C=O) groups excluding carboxylic acids is 2. The number of aryl methyl sites for hydroxylation is 1. The van der Waals surface area contributed by atoms with E-state index in [9.17, 15) is 9.59 Å². The van der Waals surface area contributed by atoms with Gasteiger partial charge >= 0.3 is 6.09 Å². The molecule has 0 saturated heterocycles. The van der Waals surface area contributed by atoms with Crippen LogP contribution in [0.15, 0.2) is 24.3 Å². The summed E-state index contributed by atoms with van der Waals surface area (Å²) in [6.45, 7) is 6.45. The van der Waals surface area contributed by atoms with Gasteiger partial charge in [-0.05, 0) is 29.9 Å². The minimum Gasteiger partial charge on any atom is -0.453 e. The molecule has 1 aromatic rings. The number of methoxy groups -OCH3 is 1. The summed E-state index contributed by atoms with van der Waals surface area (Å²) in [5.74, 6) is -0.0792. The maximum Gasteiger partial charge on any atom is 0.413 e. The molecule has 5 nitrogen and oxygen atoms in total. The van der Waals surface area contributed by atoms with Crippen LogP contribution in [0, 0.1) is 5.92 Å². The monoisotopic (exact) mass is 320 g/mol. The minimum atomic E-state index is -0.738. The normalized spacial score (nSPS) is 12.0. The number of imide groups is 1. The minimum absolute atomic E-state index is 0.0543. The van der Waals surface area contributed by atoms with Gasteiger partial charge in [-0.3, -0.25) is 10.1 Å². The zero-order valence-corrected chi connectivity index (χ0v) is 14.5. The first-order valence-electron chi connectivity index (χ1n) is 8.18. The summed E-state index contributed by atoms with van der Waals surface area (Å²) in [6.07, 6.45) is 2.74. The van der Waals surface area contributed by atoms with Gasteiger partial charge in [0.1, 0.15) is 0 Å². The van der Waals surface area contributed by atoms with E-state index >= 15 is 0 Å². The van der Waals surface area contributed by atoms with E-state index in [1.54, 1.807) is 0 Å². The van der Waals surface area contributed by atoms with Crippen molar-refractivity contribution < 1.29 is 14.3 Å². The Balaban J connectivity index is 2.64. The number of rotatable bonds is 8. The highest BCUT2D eigenvalue weighted by Crippen LogP contribution is 2.22. The lowest BCUT2D eigenvalue weighted by Crippen LogP contribution is -2.39. The van der Waals surface area contributed by atoms with Gasteiger partial charge in [0.15, 0.2) is 0 Å². The quantitative estimate of drug-likeness (QED) is 0.772. The van der Waals surface area contributed by atoms with Gasteiger partial charge in [-0.25, -0.2) is 4.79 Å². The van der Waals surface area contributed by atoms with Crippen LogP contribution in [0.3, 0.4) is 0 Å². The first-order chi connectivity index (χ1) is 11.0. The van der Waals surface area contributed by atoms with E-state index < -0.39 is 12.0 Å². The summed E-state index contributed by atoms with van der Waals surface area (Å²) in [4.78, 5) is 22.7. The molecule has 0 fully saturated rings. The highest BCUT2D eigenvalue weighted by atomic mass is 16.5. The summed E-state index contributed by atoms with van der Waals surface area (Å²) < 4.78 is 4.41. The Hall–Kier alpha value is -1.88. The second-order valence-corrected chi connectivity index (χ2v) is 5.99. The van der Waals surface area contributed by atoms with E-state index in [0.29, 0.717) is 5.92 Å². The van der Waals surface area contributed by atoms with Gasteiger partial charge < -0.3 is 10.1 Å². The molecule has 1 atom stereocenters. The molecule has 0 aliphatic heterocycles. The van der Waals surface area contributed by atoms with Crippen LogP contribution in [0.25, 0.3) is 0 Å². The van der Waals surface area contributed by atoms with Gasteiger partial charge in [0, 0.05) is 6.04 Å². The number of unbranched alkanes of at least 4 members (excludes halogenated alkanes) is 1. The van der Waals surface area contributed by atoms with Crippen LogP contribution < -0.4 is 10.6 Å². The Morgan fingerprint density at radius 2 is 1.83 bits per heavy atom. The molecule has 0 aliphatic carbocycles. The lowest BCUT2D eigenvalue weighted by atomic mass is 9.94. The fourth-order valence-corrected chi connectivity index (χ4v) is 2.42. The predicted octanol–water partition coefficient (Wildman–Crippen LogP) is 3.20. The third-order valence-electron chi connectivity index (χ3n) is 3.73. The van der Waals surface area contributed by atoms with Crippen molar-refractivity contribution in [1.82, 2.24) is 10.6 Å². The Morgan fingerprint density at radius 3 is 2.35 bits per heavy atom. The lowest BCUT2D eigenvalue weighted by molar-refractivity contribution is -0.119. The molecular formula is C18H28N2O3. The third-order valence-corrected chi connectivity index (χ3v) is 3.73. The van der Waals surface area contributed by atoms with E-state index in [0.717, 1.165) is 12.0 Å². The van der Waals surface area contributed by atoms with Crippen LogP contribution in [0.1, 0.15) is 50.8 Å². The molecule has 2 N–H and O–H groups in total. The highest BCUT2D eigenvalue weighted by Gasteiger charge is 2.17. The number of carbonyl (C=O) groups is 2. The maximum atomic E-state index is 11.7. The SMILES string of the molecule is CCCCc1ccc([C@@H](NCC(=O)NC(=O)OC)C(C)C)cc1. The molecule has 0 saturated carbocycles. The number of amides is 2. The first-order valence-corrected chi connectivity index (χ1v) is 8.18. The summed E-state index contributed by atoms with van der Waals surface area (Å²) in [5.41, 5.74) is 2.48. The number of hydrogen-bond acceptors (Lipinski definition) is 4. The van der Waals surface area contributed by atoms with Gasteiger partial charge in [-0.1, -0.05) is 51.5 Å². The number of benzene rings is 1. The molecule has 0 aliphatic rings. The molecule has 2 amide bonds. The van der Waals surface area contributed by atoms with Crippen molar-refractivity contribution in [3.8, 4) is 0 Å². The standard InChI is InChI=1S/C18H28N2O3/c1-5-6-7-14-8-10-15(11-9-14)17(13(2)3)19-12-16(21)20-18(22)23-4/h8-11,13,17,19H,5-7,12H2,1-4H3,(H,20,21,22)/t17-/m0/s1. The second kappa shape index (κ2) is 10.0. The van der Waals surface area contributed by atoms with E-state index in [1.165, 1.54) is 25.5 Å². The van der Waals surface area contributed by atoms with Crippen LogP contribution in [0.5, 0.6) is 0 Å². The van der Waals surface area contributed by atoms with Crippen molar-refractivity contribution in [2.75, 3.05) is 13.7 Å². The Bertz CT molecular complexity index is 497. The smallest absolute Gasteiger partial charge is 0.413 e. The largest absolute Gasteiger partial charge is 0.453 e. The van der Waals surface area contributed by atoms with Crippen LogP contribution in [0.2, 0.25) is 0 Å². The molecular weight excluding hydrogens is 292 g/mol. The molecule has 0 bridgehead atoms. The van der Waals surface area contributed by atoms with Crippen LogP contribution in [-0.2, 0) is 16.0 Å². The average Bonchev–Trinajstić information content (AvgIpc) is 2.53. The Labute approximate surface area is 138 Å². The fraction of sp³-hybridized carbons (Fsp3) is 0.556. The first kappa shape index (κ1) is 19.2. The number of hydrogen-bond donors (Lipinski definition) is 2. The van der Waals surface area contributed by atoms with Crippen LogP contribution in [-0.4, -0.2) is 25.7 Å². The molecule has 5 heteroatoms. The molecule has 0 radical (unpaired) electrons. The number of nitrogens with one attached hydrogen (secondary N) is 2. The number of alkyl carbamates (subject to hydrolysis) is 1. The number of ether oxygens (including phenoxy) is 1. The van der Waals surface area contributed by atoms with Crippen molar-refractivity contribution in [3.05, 3.63) is 35.4 Å². The van der Waals surface area contributed by atoms with Crippen LogP contribution >= 0.6 is 0 Å². The molecule has 23 heavy (non-hydrogen) atoms. The van der Waals surface area contributed by atoms with Gasteiger partial charge in [0.05, 0.1) is 13.7 Å². The second-order valence-electron chi connectivity index (χ2n) is 5.99. The van der Waals surface area contributed by atoms with E-state index in [-0.39, 0.29) is 12.6 Å². The molecule has 0 unspecified atom stereocenters. The zero-order chi connectivity index (χ0) is 17.2. The highest BCUT2D eigenvalue weighted by molar-refractivity contribution is 5.92. The summed E-state index contributed by atoms with van der Waals surface area (Å²) >= 11 is 0. The summed E-state index contributed by atoms with van der Waals surface area (Å²) in [5, 5.41) is 5.35. The van der Waals surface area contributed by atoms with Gasteiger partial charge in [0.25, 0.3) is 0 Å². The van der Waals surface area contributed by atoms with Crippen molar-refractivity contribution >= 4 is 12.0 Å². The van der Waals surface area contributed by atoms with Crippen molar-refractivity contribution in [2.24, 2.45) is 5.92 Å². The van der Waals surface area contributed by atoms with E-state index in [2.05, 4.69) is 60.4 Å². The molecule has 1 aromatic carbocycles. The van der Waals surface area contributed by atoms with Gasteiger partial charge in [-0.2, -0.15) is 0 Å². The van der Waals surface area contributed by atoms with Gasteiger partial charge in [-0.15, -0.1) is 0 Å². The molecule has 0 aromatic heterocycles. The summed E-state index contributed by atoms with van der Waals surface area (Å²) in [6, 6.07) is 8.58. The maximum absolute atomic E-state index is 11.7. The third kappa shape index (κ3) is 6.82. The average molecular weight is 320 g/mol. The van der Waals surface area contributed by atoms with Crippen molar-refractivity contribution in [3.63, 3.8) is 0 Å².